The number of esters is 1. The molecule has 2 heterocycles. The van der Waals surface area contributed by atoms with Crippen molar-refractivity contribution in [2.75, 3.05) is 20.8 Å². The molecule has 2 saturated heterocycles. The first kappa shape index (κ1) is 16.1. The number of methoxy groups -OCH3 is 2. The van der Waals surface area contributed by atoms with E-state index in [1.54, 1.807) is 12.0 Å². The number of rotatable bonds is 3. The van der Waals surface area contributed by atoms with Gasteiger partial charge in [0.1, 0.15) is 5.60 Å². The lowest BCUT2D eigenvalue weighted by Gasteiger charge is -2.38. The summed E-state index contributed by atoms with van der Waals surface area (Å²) in [4.78, 5) is 26.4. The number of carbonyl (C=O) groups is 2. The molecular weight excluding hydrogens is 274 g/mol. The first-order valence-corrected chi connectivity index (χ1v) is 7.34. The van der Waals surface area contributed by atoms with Gasteiger partial charge in [-0.05, 0) is 40.0 Å². The van der Waals surface area contributed by atoms with E-state index >= 15 is 0 Å². The third kappa shape index (κ3) is 2.73. The topological polar surface area (TPSA) is 65.1 Å². The summed E-state index contributed by atoms with van der Waals surface area (Å²) >= 11 is 0. The zero-order valence-corrected chi connectivity index (χ0v) is 13.5. The van der Waals surface area contributed by atoms with Crippen molar-refractivity contribution in [3.8, 4) is 0 Å². The van der Waals surface area contributed by atoms with E-state index in [1.807, 2.05) is 20.8 Å². The second kappa shape index (κ2) is 5.48. The van der Waals surface area contributed by atoms with Crippen molar-refractivity contribution in [3.63, 3.8) is 0 Å². The lowest BCUT2D eigenvalue weighted by atomic mass is 9.78. The minimum absolute atomic E-state index is 0.0269. The van der Waals surface area contributed by atoms with Gasteiger partial charge in [0.15, 0.2) is 0 Å². The Balaban J connectivity index is 2.29. The quantitative estimate of drug-likeness (QED) is 0.745. The van der Waals surface area contributed by atoms with Crippen LogP contribution >= 0.6 is 0 Å². The van der Waals surface area contributed by atoms with Crippen LogP contribution in [0.25, 0.3) is 0 Å². The highest BCUT2D eigenvalue weighted by atomic mass is 16.6. The second-order valence-corrected chi connectivity index (χ2v) is 6.89. The number of fused-ring (bicyclic) bond motifs is 2. The molecule has 2 rings (SSSR count). The summed E-state index contributed by atoms with van der Waals surface area (Å²) < 4.78 is 15.8. The van der Waals surface area contributed by atoms with Gasteiger partial charge in [0, 0.05) is 13.2 Å². The highest BCUT2D eigenvalue weighted by molar-refractivity contribution is 5.79. The molecule has 6 heteroatoms. The predicted molar refractivity (Wildman–Crippen MR) is 75.8 cm³/mol. The van der Waals surface area contributed by atoms with Gasteiger partial charge in [0.2, 0.25) is 0 Å². The molecular formula is C15H25NO5. The van der Waals surface area contributed by atoms with E-state index < -0.39 is 11.1 Å². The summed E-state index contributed by atoms with van der Waals surface area (Å²) in [5, 5.41) is 0. The van der Waals surface area contributed by atoms with Crippen molar-refractivity contribution in [1.82, 2.24) is 4.90 Å². The van der Waals surface area contributed by atoms with Gasteiger partial charge in [-0.25, -0.2) is 4.79 Å². The van der Waals surface area contributed by atoms with Crippen molar-refractivity contribution in [2.24, 2.45) is 5.92 Å². The molecule has 0 spiro atoms. The lowest BCUT2D eigenvalue weighted by molar-refractivity contribution is -0.150. The fourth-order valence-electron chi connectivity index (χ4n) is 3.68. The SMILES string of the molecule is COCC12CCC(CC1C(=O)OC)N2C(=O)OC(C)(C)C. The highest BCUT2D eigenvalue weighted by Gasteiger charge is 2.63. The number of nitrogens with zero attached hydrogens (tertiary/aromatic N) is 1. The van der Waals surface area contributed by atoms with Crippen LogP contribution in [0.2, 0.25) is 0 Å². The van der Waals surface area contributed by atoms with Crippen LogP contribution in [0.3, 0.4) is 0 Å². The van der Waals surface area contributed by atoms with Gasteiger partial charge in [-0.2, -0.15) is 0 Å². The molecule has 21 heavy (non-hydrogen) atoms. The molecule has 3 atom stereocenters. The Morgan fingerprint density at radius 2 is 1.95 bits per heavy atom. The minimum atomic E-state index is -0.630. The average molecular weight is 299 g/mol. The van der Waals surface area contributed by atoms with Crippen LogP contribution in [-0.2, 0) is 19.0 Å². The molecule has 0 aromatic rings. The standard InChI is InChI=1S/C15H25NO5/c1-14(2,3)21-13(18)16-10-6-7-15(16,9-19-4)11(8-10)12(17)20-5/h10-11H,6-9H2,1-5H3. The Kier molecular flexibility index (Phi) is 4.19. The van der Waals surface area contributed by atoms with Crippen molar-refractivity contribution < 1.29 is 23.8 Å². The summed E-state index contributed by atoms with van der Waals surface area (Å²) in [5.41, 5.74) is -1.19. The summed E-state index contributed by atoms with van der Waals surface area (Å²) in [7, 11) is 2.97. The van der Waals surface area contributed by atoms with Crippen LogP contribution in [0.5, 0.6) is 0 Å². The van der Waals surface area contributed by atoms with Gasteiger partial charge < -0.3 is 14.2 Å². The fraction of sp³-hybridized carbons (Fsp3) is 0.867. The van der Waals surface area contributed by atoms with Crippen LogP contribution < -0.4 is 0 Å². The molecule has 2 aliphatic heterocycles. The monoisotopic (exact) mass is 299 g/mol. The lowest BCUT2D eigenvalue weighted by Crippen LogP contribution is -2.54. The smallest absolute Gasteiger partial charge is 0.411 e. The zero-order valence-electron chi connectivity index (χ0n) is 13.5. The van der Waals surface area contributed by atoms with Crippen LogP contribution in [0.4, 0.5) is 4.79 Å². The van der Waals surface area contributed by atoms with Crippen molar-refractivity contribution in [1.29, 1.82) is 0 Å². The van der Waals surface area contributed by atoms with Gasteiger partial charge in [0.05, 0.1) is 25.2 Å². The molecule has 0 aliphatic carbocycles. The highest BCUT2D eigenvalue weighted by Crippen LogP contribution is 2.51. The molecule has 120 valence electrons. The Hall–Kier alpha value is -1.30. The molecule has 6 nitrogen and oxygen atoms in total. The van der Waals surface area contributed by atoms with E-state index in [4.69, 9.17) is 14.2 Å². The Morgan fingerprint density at radius 1 is 1.29 bits per heavy atom. The van der Waals surface area contributed by atoms with Crippen LogP contribution in [-0.4, -0.2) is 55.0 Å². The Morgan fingerprint density at radius 3 is 2.48 bits per heavy atom. The van der Waals surface area contributed by atoms with E-state index in [0.29, 0.717) is 13.0 Å². The number of amides is 1. The van der Waals surface area contributed by atoms with Gasteiger partial charge in [-0.3, -0.25) is 9.69 Å². The van der Waals surface area contributed by atoms with Crippen LogP contribution in [0.15, 0.2) is 0 Å². The van der Waals surface area contributed by atoms with Gasteiger partial charge in [-0.1, -0.05) is 0 Å². The molecule has 2 fully saturated rings. The van der Waals surface area contributed by atoms with Crippen molar-refractivity contribution >= 4 is 12.1 Å². The predicted octanol–water partition coefficient (Wildman–Crippen LogP) is 1.96. The largest absolute Gasteiger partial charge is 0.469 e. The molecule has 0 aromatic heterocycles. The van der Waals surface area contributed by atoms with Crippen LogP contribution in [0.1, 0.15) is 40.0 Å². The molecule has 2 bridgehead atoms. The second-order valence-electron chi connectivity index (χ2n) is 6.89. The number of hydrogen-bond acceptors (Lipinski definition) is 5. The Labute approximate surface area is 125 Å². The summed E-state index contributed by atoms with van der Waals surface area (Å²) in [6.07, 6.45) is 1.86. The van der Waals surface area contributed by atoms with Gasteiger partial charge >= 0.3 is 12.1 Å². The van der Waals surface area contributed by atoms with Crippen molar-refractivity contribution in [3.05, 3.63) is 0 Å². The first-order chi connectivity index (χ1) is 9.75. The molecule has 0 saturated carbocycles. The molecule has 2 aliphatic rings. The maximum atomic E-state index is 12.6. The van der Waals surface area contributed by atoms with E-state index in [2.05, 4.69) is 0 Å². The van der Waals surface area contributed by atoms with E-state index in [1.165, 1.54) is 7.11 Å². The maximum absolute atomic E-state index is 12.6. The third-order valence-electron chi connectivity index (χ3n) is 4.38. The van der Waals surface area contributed by atoms with Gasteiger partial charge in [-0.15, -0.1) is 0 Å². The number of carbonyl (C=O) groups excluding carboxylic acids is 2. The molecule has 0 aromatic carbocycles. The van der Waals surface area contributed by atoms with Crippen molar-refractivity contribution in [2.45, 2.75) is 57.2 Å². The third-order valence-corrected chi connectivity index (χ3v) is 4.38. The van der Waals surface area contributed by atoms with Crippen LogP contribution in [0, 0.1) is 5.92 Å². The van der Waals surface area contributed by atoms with E-state index in [9.17, 15) is 9.59 Å². The molecule has 1 amide bonds. The van der Waals surface area contributed by atoms with E-state index in [0.717, 1.165) is 12.8 Å². The number of hydrogen-bond donors (Lipinski definition) is 0. The minimum Gasteiger partial charge on any atom is -0.469 e. The molecule has 0 N–H and O–H groups in total. The Bertz CT molecular complexity index is 430. The molecule has 0 radical (unpaired) electrons. The average Bonchev–Trinajstić information content (AvgIpc) is 2.88. The van der Waals surface area contributed by atoms with Gasteiger partial charge in [0.25, 0.3) is 0 Å². The fourth-order valence-corrected chi connectivity index (χ4v) is 3.68. The van der Waals surface area contributed by atoms with E-state index in [-0.39, 0.29) is 24.0 Å². The zero-order chi connectivity index (χ0) is 15.8. The summed E-state index contributed by atoms with van der Waals surface area (Å²) in [6.45, 7) is 5.83. The summed E-state index contributed by atoms with van der Waals surface area (Å²) in [5.74, 6) is -0.614. The normalized spacial score (nSPS) is 31.4. The molecule has 3 unspecified atom stereocenters. The first-order valence-electron chi connectivity index (χ1n) is 7.34. The maximum Gasteiger partial charge on any atom is 0.411 e. The summed E-state index contributed by atoms with van der Waals surface area (Å²) in [6, 6.07) is 0.0269. The number of ether oxygens (including phenoxy) is 3.